The first kappa shape index (κ1) is 14.6. The molecule has 5 nitrogen and oxygen atoms in total. The topological polar surface area (TPSA) is 58.4 Å². The lowest BCUT2D eigenvalue weighted by Crippen LogP contribution is -2.42. The van der Waals surface area contributed by atoms with Crippen LogP contribution in [-0.4, -0.2) is 44.9 Å². The average Bonchev–Trinajstić information content (AvgIpc) is 2.87. The van der Waals surface area contributed by atoms with Crippen LogP contribution in [0.3, 0.4) is 0 Å². The predicted molar refractivity (Wildman–Crippen MR) is 80.7 cm³/mol. The van der Waals surface area contributed by atoms with Crippen LogP contribution in [0.4, 0.5) is 0 Å². The van der Waals surface area contributed by atoms with Crippen molar-refractivity contribution in [3.05, 3.63) is 17.0 Å². The molecular weight excluding hydrogens is 266 g/mol. The van der Waals surface area contributed by atoms with Crippen molar-refractivity contribution in [1.29, 1.82) is 0 Å². The van der Waals surface area contributed by atoms with Gasteiger partial charge in [0.25, 0.3) is 0 Å². The SMILES string of the molecule is CCCn1nc(C(=O)O)c2c1CCC(N1CCCCC1)C2. The minimum absolute atomic E-state index is 0.292. The Hall–Kier alpha value is -1.36. The van der Waals surface area contributed by atoms with E-state index in [1.165, 1.54) is 38.0 Å². The van der Waals surface area contributed by atoms with Crippen LogP contribution in [0, 0.1) is 0 Å². The fourth-order valence-corrected chi connectivity index (χ4v) is 3.83. The number of carboxylic acid groups (broad SMARTS) is 1. The fourth-order valence-electron chi connectivity index (χ4n) is 3.83. The highest BCUT2D eigenvalue weighted by molar-refractivity contribution is 5.87. The van der Waals surface area contributed by atoms with Gasteiger partial charge in [0.2, 0.25) is 0 Å². The van der Waals surface area contributed by atoms with Crippen LogP contribution in [0.1, 0.15) is 60.8 Å². The van der Waals surface area contributed by atoms with Gasteiger partial charge in [-0.25, -0.2) is 4.79 Å². The Morgan fingerprint density at radius 1 is 1.33 bits per heavy atom. The average molecular weight is 291 g/mol. The molecule has 1 saturated heterocycles. The molecule has 2 heterocycles. The number of hydrogen-bond acceptors (Lipinski definition) is 3. The van der Waals surface area contributed by atoms with Crippen molar-refractivity contribution in [3.63, 3.8) is 0 Å². The summed E-state index contributed by atoms with van der Waals surface area (Å²) in [5, 5.41) is 13.8. The molecule has 0 amide bonds. The molecule has 1 atom stereocenters. The number of carboxylic acids is 1. The highest BCUT2D eigenvalue weighted by Crippen LogP contribution is 2.29. The number of aryl methyl sites for hydroxylation is 1. The number of likely N-dealkylation sites (tertiary alicyclic amines) is 1. The van der Waals surface area contributed by atoms with Crippen LogP contribution in [-0.2, 0) is 19.4 Å². The number of piperidine rings is 1. The Bertz CT molecular complexity index is 518. The number of hydrogen-bond donors (Lipinski definition) is 1. The fraction of sp³-hybridized carbons (Fsp3) is 0.750. The highest BCUT2D eigenvalue weighted by atomic mass is 16.4. The van der Waals surface area contributed by atoms with Gasteiger partial charge in [-0.1, -0.05) is 13.3 Å². The number of nitrogens with zero attached hydrogens (tertiary/aromatic N) is 3. The first-order valence-corrected chi connectivity index (χ1v) is 8.26. The van der Waals surface area contributed by atoms with Crippen molar-refractivity contribution in [2.24, 2.45) is 0 Å². The monoisotopic (exact) mass is 291 g/mol. The molecule has 1 aliphatic carbocycles. The van der Waals surface area contributed by atoms with E-state index < -0.39 is 5.97 Å². The van der Waals surface area contributed by atoms with E-state index in [1.54, 1.807) is 0 Å². The number of aromatic nitrogens is 2. The van der Waals surface area contributed by atoms with Crippen molar-refractivity contribution in [1.82, 2.24) is 14.7 Å². The second-order valence-electron chi connectivity index (χ2n) is 6.30. The number of fused-ring (bicyclic) bond motifs is 1. The minimum atomic E-state index is -0.875. The molecule has 5 heteroatoms. The smallest absolute Gasteiger partial charge is 0.356 e. The van der Waals surface area contributed by atoms with Crippen LogP contribution in [0.15, 0.2) is 0 Å². The maximum atomic E-state index is 11.5. The van der Waals surface area contributed by atoms with E-state index in [0.717, 1.165) is 37.8 Å². The molecule has 1 aliphatic heterocycles. The normalized spacial score (nSPS) is 23.0. The summed E-state index contributed by atoms with van der Waals surface area (Å²) in [6.07, 6.45) is 7.86. The van der Waals surface area contributed by atoms with Gasteiger partial charge in [-0.15, -0.1) is 0 Å². The second kappa shape index (κ2) is 6.18. The van der Waals surface area contributed by atoms with Gasteiger partial charge in [-0.05, 0) is 51.6 Å². The summed E-state index contributed by atoms with van der Waals surface area (Å²) in [4.78, 5) is 14.0. The summed E-state index contributed by atoms with van der Waals surface area (Å²) in [5.41, 5.74) is 2.46. The zero-order valence-electron chi connectivity index (χ0n) is 12.8. The van der Waals surface area contributed by atoms with Crippen molar-refractivity contribution in [2.75, 3.05) is 13.1 Å². The largest absolute Gasteiger partial charge is 0.476 e. The van der Waals surface area contributed by atoms with Crippen molar-refractivity contribution in [3.8, 4) is 0 Å². The number of rotatable bonds is 4. The Kier molecular flexibility index (Phi) is 4.29. The lowest BCUT2D eigenvalue weighted by molar-refractivity contribution is 0.0687. The van der Waals surface area contributed by atoms with E-state index in [4.69, 9.17) is 0 Å². The van der Waals surface area contributed by atoms with Gasteiger partial charge in [0.1, 0.15) is 0 Å². The molecule has 0 aromatic carbocycles. The molecule has 1 N–H and O–H groups in total. The highest BCUT2D eigenvalue weighted by Gasteiger charge is 2.31. The number of aromatic carboxylic acids is 1. The molecule has 1 unspecified atom stereocenters. The summed E-state index contributed by atoms with van der Waals surface area (Å²) >= 11 is 0. The van der Waals surface area contributed by atoms with E-state index in [0.29, 0.717) is 11.7 Å². The maximum absolute atomic E-state index is 11.5. The zero-order chi connectivity index (χ0) is 14.8. The van der Waals surface area contributed by atoms with Crippen LogP contribution in [0.5, 0.6) is 0 Å². The van der Waals surface area contributed by atoms with Gasteiger partial charge in [-0.3, -0.25) is 4.68 Å². The molecule has 1 fully saturated rings. The molecule has 3 rings (SSSR count). The van der Waals surface area contributed by atoms with E-state index in [-0.39, 0.29) is 0 Å². The van der Waals surface area contributed by atoms with Crippen LogP contribution in [0.2, 0.25) is 0 Å². The lowest BCUT2D eigenvalue weighted by atomic mass is 9.89. The summed E-state index contributed by atoms with van der Waals surface area (Å²) in [6.45, 7) is 5.27. The second-order valence-corrected chi connectivity index (χ2v) is 6.30. The first-order chi connectivity index (χ1) is 10.2. The van der Waals surface area contributed by atoms with Crippen LogP contribution < -0.4 is 0 Å². The van der Waals surface area contributed by atoms with Crippen LogP contribution >= 0.6 is 0 Å². The van der Waals surface area contributed by atoms with Gasteiger partial charge in [0, 0.05) is 23.8 Å². The standard InChI is InChI=1S/C16H25N3O2/c1-2-8-19-14-7-6-12(18-9-4-3-5-10-18)11-13(14)15(17-19)16(20)21/h12H,2-11H2,1H3,(H,20,21). The Labute approximate surface area is 125 Å². The Balaban J connectivity index is 1.84. The van der Waals surface area contributed by atoms with Crippen molar-refractivity contribution < 1.29 is 9.90 Å². The van der Waals surface area contributed by atoms with E-state index in [9.17, 15) is 9.90 Å². The van der Waals surface area contributed by atoms with E-state index >= 15 is 0 Å². The van der Waals surface area contributed by atoms with Crippen molar-refractivity contribution in [2.45, 2.75) is 64.5 Å². The molecule has 2 aliphatic rings. The first-order valence-electron chi connectivity index (χ1n) is 8.26. The summed E-state index contributed by atoms with van der Waals surface area (Å²) in [6, 6.07) is 0.509. The predicted octanol–water partition coefficient (Wildman–Crippen LogP) is 2.33. The Morgan fingerprint density at radius 3 is 2.76 bits per heavy atom. The van der Waals surface area contributed by atoms with Gasteiger partial charge < -0.3 is 10.0 Å². The third-order valence-electron chi connectivity index (χ3n) is 4.87. The zero-order valence-corrected chi connectivity index (χ0v) is 12.8. The third-order valence-corrected chi connectivity index (χ3v) is 4.87. The van der Waals surface area contributed by atoms with E-state index in [1.807, 2.05) is 4.68 Å². The molecule has 0 spiro atoms. The van der Waals surface area contributed by atoms with Gasteiger partial charge >= 0.3 is 5.97 Å². The number of carbonyl (C=O) groups is 1. The van der Waals surface area contributed by atoms with E-state index in [2.05, 4.69) is 16.9 Å². The van der Waals surface area contributed by atoms with Gasteiger partial charge in [-0.2, -0.15) is 5.10 Å². The molecule has 116 valence electrons. The van der Waals surface area contributed by atoms with Gasteiger partial charge in [0.05, 0.1) is 0 Å². The molecule has 0 bridgehead atoms. The molecule has 21 heavy (non-hydrogen) atoms. The van der Waals surface area contributed by atoms with Crippen molar-refractivity contribution >= 4 is 5.97 Å². The quantitative estimate of drug-likeness (QED) is 0.925. The maximum Gasteiger partial charge on any atom is 0.356 e. The van der Waals surface area contributed by atoms with Gasteiger partial charge in [0.15, 0.2) is 5.69 Å². The summed E-state index contributed by atoms with van der Waals surface area (Å²) in [5.74, 6) is -0.875. The molecule has 1 aromatic rings. The van der Waals surface area contributed by atoms with Crippen LogP contribution in [0.25, 0.3) is 0 Å². The molecule has 0 radical (unpaired) electrons. The minimum Gasteiger partial charge on any atom is -0.476 e. The summed E-state index contributed by atoms with van der Waals surface area (Å²) in [7, 11) is 0. The third kappa shape index (κ3) is 2.84. The molecule has 1 aromatic heterocycles. The summed E-state index contributed by atoms with van der Waals surface area (Å²) < 4.78 is 1.94. The lowest BCUT2D eigenvalue weighted by Gasteiger charge is -2.36. The molecule has 0 saturated carbocycles. The molecular formula is C16H25N3O2. The Morgan fingerprint density at radius 2 is 2.10 bits per heavy atom.